The number of imidazole rings is 1. The third-order valence-corrected chi connectivity index (χ3v) is 3.60. The second-order valence-corrected chi connectivity index (χ2v) is 5.24. The van der Waals surface area contributed by atoms with Gasteiger partial charge in [-0.1, -0.05) is 12.1 Å². The molecule has 0 fully saturated rings. The summed E-state index contributed by atoms with van der Waals surface area (Å²) in [6.45, 7) is 5.70. The van der Waals surface area contributed by atoms with Crippen LogP contribution >= 0.6 is 0 Å². The minimum atomic E-state index is -0.238. The fourth-order valence-electron chi connectivity index (χ4n) is 2.24. The maximum absolute atomic E-state index is 12.4. The van der Waals surface area contributed by atoms with E-state index in [2.05, 4.69) is 25.5 Å². The van der Waals surface area contributed by atoms with E-state index in [-0.39, 0.29) is 5.91 Å². The molecular formula is C16H17N5O. The number of aryl methyl sites for hydroxylation is 2. The van der Waals surface area contributed by atoms with Gasteiger partial charge in [0, 0.05) is 28.7 Å². The Morgan fingerprint density at radius 1 is 1.18 bits per heavy atom. The number of H-pyrrole nitrogens is 2. The number of hydrogen-bond acceptors (Lipinski definition) is 3. The van der Waals surface area contributed by atoms with Gasteiger partial charge in [0.05, 0.1) is 5.69 Å². The van der Waals surface area contributed by atoms with Gasteiger partial charge in [-0.05, 0) is 32.9 Å². The van der Waals surface area contributed by atoms with Crippen LogP contribution in [-0.2, 0) is 0 Å². The standard InChI is InChI=1S/C16H17N5O/c1-9-8-17-15(18-9)12-6-4-5-7-13(12)19-16(22)14-10(2)11(3)20-21-14/h4-8H,1-3H3,(H,17,18)(H,19,22)(H,20,21). The average Bonchev–Trinajstić information content (AvgIpc) is 3.07. The summed E-state index contributed by atoms with van der Waals surface area (Å²) < 4.78 is 0. The Labute approximate surface area is 128 Å². The number of nitrogens with one attached hydrogen (secondary N) is 3. The van der Waals surface area contributed by atoms with Crippen molar-refractivity contribution in [3.63, 3.8) is 0 Å². The molecule has 1 aromatic carbocycles. The maximum Gasteiger partial charge on any atom is 0.276 e. The Hall–Kier alpha value is -2.89. The number of aromatic nitrogens is 4. The van der Waals surface area contributed by atoms with Crippen LogP contribution in [0.1, 0.15) is 27.4 Å². The molecule has 112 valence electrons. The molecule has 1 amide bonds. The molecule has 3 aromatic rings. The van der Waals surface area contributed by atoms with Gasteiger partial charge in [-0.25, -0.2) is 4.98 Å². The molecule has 0 radical (unpaired) electrons. The number of aromatic amines is 2. The Balaban J connectivity index is 1.93. The lowest BCUT2D eigenvalue weighted by atomic mass is 10.1. The zero-order valence-electron chi connectivity index (χ0n) is 12.7. The number of carbonyl (C=O) groups excluding carboxylic acids is 1. The van der Waals surface area contributed by atoms with Gasteiger partial charge >= 0.3 is 0 Å². The zero-order valence-corrected chi connectivity index (χ0v) is 12.7. The topological polar surface area (TPSA) is 86.5 Å². The number of para-hydroxylation sites is 1. The van der Waals surface area contributed by atoms with Crippen molar-refractivity contribution in [2.24, 2.45) is 0 Å². The minimum Gasteiger partial charge on any atom is -0.342 e. The van der Waals surface area contributed by atoms with Crippen LogP contribution in [0.2, 0.25) is 0 Å². The fourth-order valence-corrected chi connectivity index (χ4v) is 2.24. The zero-order chi connectivity index (χ0) is 15.7. The number of amides is 1. The molecule has 6 nitrogen and oxygen atoms in total. The second-order valence-electron chi connectivity index (χ2n) is 5.24. The van der Waals surface area contributed by atoms with E-state index < -0.39 is 0 Å². The quantitative estimate of drug-likeness (QED) is 0.694. The van der Waals surface area contributed by atoms with Gasteiger partial charge < -0.3 is 10.3 Å². The van der Waals surface area contributed by atoms with E-state index in [4.69, 9.17) is 0 Å². The van der Waals surface area contributed by atoms with Crippen LogP contribution in [0, 0.1) is 20.8 Å². The van der Waals surface area contributed by atoms with Crippen molar-refractivity contribution in [2.75, 3.05) is 5.32 Å². The van der Waals surface area contributed by atoms with Crippen molar-refractivity contribution < 1.29 is 4.79 Å². The molecule has 2 aromatic heterocycles. The van der Waals surface area contributed by atoms with Gasteiger partial charge in [0.25, 0.3) is 5.91 Å². The number of anilines is 1. The Kier molecular flexibility index (Phi) is 3.50. The first-order chi connectivity index (χ1) is 10.6. The first kappa shape index (κ1) is 14.1. The van der Waals surface area contributed by atoms with Crippen LogP contribution in [0.15, 0.2) is 30.5 Å². The van der Waals surface area contributed by atoms with Crippen molar-refractivity contribution in [1.82, 2.24) is 20.2 Å². The molecule has 0 saturated carbocycles. The molecule has 3 N–H and O–H groups in total. The van der Waals surface area contributed by atoms with Crippen LogP contribution in [0.4, 0.5) is 5.69 Å². The van der Waals surface area contributed by atoms with E-state index in [1.54, 1.807) is 6.20 Å². The summed E-state index contributed by atoms with van der Waals surface area (Å²) in [4.78, 5) is 19.9. The third kappa shape index (κ3) is 2.50. The van der Waals surface area contributed by atoms with Crippen molar-refractivity contribution >= 4 is 11.6 Å². The Morgan fingerprint density at radius 3 is 2.59 bits per heavy atom. The fraction of sp³-hybridized carbons (Fsp3) is 0.188. The lowest BCUT2D eigenvalue weighted by Gasteiger charge is -2.08. The molecule has 2 heterocycles. The smallest absolute Gasteiger partial charge is 0.276 e. The molecule has 0 unspecified atom stereocenters. The molecular weight excluding hydrogens is 278 g/mol. The lowest BCUT2D eigenvalue weighted by Crippen LogP contribution is -2.14. The van der Waals surface area contributed by atoms with Crippen LogP contribution in [-0.4, -0.2) is 26.1 Å². The molecule has 0 spiro atoms. The van der Waals surface area contributed by atoms with Gasteiger partial charge in [0.2, 0.25) is 0 Å². The summed E-state index contributed by atoms with van der Waals surface area (Å²) in [7, 11) is 0. The van der Waals surface area contributed by atoms with Crippen molar-refractivity contribution in [1.29, 1.82) is 0 Å². The van der Waals surface area contributed by atoms with Gasteiger partial charge in [0.1, 0.15) is 5.82 Å². The highest BCUT2D eigenvalue weighted by molar-refractivity contribution is 6.05. The van der Waals surface area contributed by atoms with Crippen molar-refractivity contribution in [3.05, 3.63) is 53.1 Å². The van der Waals surface area contributed by atoms with Crippen LogP contribution in [0.25, 0.3) is 11.4 Å². The monoisotopic (exact) mass is 295 g/mol. The summed E-state index contributed by atoms with van der Waals surface area (Å²) in [5, 5.41) is 9.79. The van der Waals surface area contributed by atoms with Gasteiger partial charge in [0.15, 0.2) is 5.69 Å². The normalized spacial score (nSPS) is 10.7. The number of hydrogen-bond donors (Lipinski definition) is 3. The second kappa shape index (κ2) is 5.48. The molecule has 0 atom stereocenters. The minimum absolute atomic E-state index is 0.238. The number of rotatable bonds is 3. The van der Waals surface area contributed by atoms with E-state index in [0.717, 1.165) is 28.3 Å². The predicted molar refractivity (Wildman–Crippen MR) is 84.8 cm³/mol. The van der Waals surface area contributed by atoms with E-state index in [0.29, 0.717) is 11.4 Å². The predicted octanol–water partition coefficient (Wildman–Crippen LogP) is 2.98. The summed E-state index contributed by atoms with van der Waals surface area (Å²) in [6.07, 6.45) is 1.76. The summed E-state index contributed by atoms with van der Waals surface area (Å²) in [5.41, 5.74) is 4.65. The van der Waals surface area contributed by atoms with Crippen molar-refractivity contribution in [3.8, 4) is 11.4 Å². The first-order valence-electron chi connectivity index (χ1n) is 7.00. The molecule has 0 saturated heterocycles. The average molecular weight is 295 g/mol. The maximum atomic E-state index is 12.4. The first-order valence-corrected chi connectivity index (χ1v) is 7.00. The SMILES string of the molecule is Cc1cnc(-c2ccccc2NC(=O)c2n[nH]c(C)c2C)[nH]1. The van der Waals surface area contributed by atoms with E-state index in [9.17, 15) is 4.79 Å². The highest BCUT2D eigenvalue weighted by Gasteiger charge is 2.16. The van der Waals surface area contributed by atoms with E-state index in [1.807, 2.05) is 45.0 Å². The van der Waals surface area contributed by atoms with Gasteiger partial charge in [-0.2, -0.15) is 5.10 Å². The number of nitrogens with zero attached hydrogens (tertiary/aromatic N) is 2. The van der Waals surface area contributed by atoms with Crippen LogP contribution < -0.4 is 5.32 Å². The van der Waals surface area contributed by atoms with E-state index >= 15 is 0 Å². The highest BCUT2D eigenvalue weighted by atomic mass is 16.1. The van der Waals surface area contributed by atoms with Gasteiger partial charge in [-0.3, -0.25) is 9.89 Å². The molecule has 0 bridgehead atoms. The van der Waals surface area contributed by atoms with E-state index in [1.165, 1.54) is 0 Å². The Bertz CT molecular complexity index is 831. The Morgan fingerprint density at radius 2 is 1.95 bits per heavy atom. The molecule has 3 rings (SSSR count). The molecule has 0 aliphatic heterocycles. The summed E-state index contributed by atoms with van der Waals surface area (Å²) in [5.74, 6) is 0.487. The third-order valence-electron chi connectivity index (χ3n) is 3.60. The lowest BCUT2D eigenvalue weighted by molar-refractivity contribution is 0.102. The molecule has 6 heteroatoms. The van der Waals surface area contributed by atoms with Crippen LogP contribution in [0.3, 0.4) is 0 Å². The summed E-state index contributed by atoms with van der Waals surface area (Å²) in [6, 6.07) is 7.54. The van der Waals surface area contributed by atoms with Crippen LogP contribution in [0.5, 0.6) is 0 Å². The molecule has 0 aliphatic carbocycles. The highest BCUT2D eigenvalue weighted by Crippen LogP contribution is 2.26. The van der Waals surface area contributed by atoms with Crippen molar-refractivity contribution in [2.45, 2.75) is 20.8 Å². The number of benzene rings is 1. The largest absolute Gasteiger partial charge is 0.342 e. The molecule has 0 aliphatic rings. The number of carbonyl (C=O) groups is 1. The van der Waals surface area contributed by atoms with Gasteiger partial charge in [-0.15, -0.1) is 0 Å². The molecule has 22 heavy (non-hydrogen) atoms. The summed E-state index contributed by atoms with van der Waals surface area (Å²) >= 11 is 0.